The number of hydrogen-bond donors (Lipinski definition) is 0. The first-order chi connectivity index (χ1) is 13.4. The summed E-state index contributed by atoms with van der Waals surface area (Å²) < 4.78 is 2.28. The van der Waals surface area contributed by atoms with E-state index in [9.17, 15) is 4.79 Å². The van der Waals surface area contributed by atoms with E-state index in [0.29, 0.717) is 18.5 Å². The van der Waals surface area contributed by atoms with E-state index in [2.05, 4.69) is 59.0 Å². The Morgan fingerprint density at radius 2 is 1.86 bits per heavy atom. The minimum absolute atomic E-state index is 0.179. The molecule has 0 aliphatic heterocycles. The van der Waals surface area contributed by atoms with E-state index >= 15 is 0 Å². The van der Waals surface area contributed by atoms with Crippen molar-refractivity contribution in [2.75, 3.05) is 5.88 Å². The molecule has 152 valence electrons. The predicted octanol–water partition coefficient (Wildman–Crippen LogP) is 5.77. The molecule has 1 fully saturated rings. The van der Waals surface area contributed by atoms with Crippen LogP contribution in [0.25, 0.3) is 0 Å². The first kappa shape index (κ1) is 21.0. The van der Waals surface area contributed by atoms with Gasteiger partial charge >= 0.3 is 0 Å². The zero-order valence-corrected chi connectivity index (χ0v) is 18.2. The molecule has 2 aromatic rings. The molecule has 1 aromatic heterocycles. The lowest BCUT2D eigenvalue weighted by atomic mass is 9.89. The molecule has 1 aliphatic rings. The zero-order chi connectivity index (χ0) is 20.1. The fraction of sp³-hybridized carbons (Fsp3) is 0.542. The van der Waals surface area contributed by atoms with Gasteiger partial charge in [0.05, 0.1) is 12.0 Å². The van der Waals surface area contributed by atoms with Gasteiger partial charge in [0.1, 0.15) is 0 Å². The normalized spacial score (nSPS) is 15.6. The van der Waals surface area contributed by atoms with Gasteiger partial charge in [-0.05, 0) is 56.9 Å². The number of nitrogens with zero attached hydrogens (tertiary/aromatic N) is 2. The fourth-order valence-corrected chi connectivity index (χ4v) is 4.21. The molecule has 1 amide bonds. The maximum atomic E-state index is 13.4. The van der Waals surface area contributed by atoms with Crippen LogP contribution < -0.4 is 0 Å². The summed E-state index contributed by atoms with van der Waals surface area (Å²) >= 11 is 6.16. The monoisotopic (exact) mass is 400 g/mol. The number of aryl methyl sites for hydroxylation is 1. The minimum Gasteiger partial charge on any atom is -0.345 e. The van der Waals surface area contributed by atoms with Gasteiger partial charge in [0, 0.05) is 30.4 Å². The summed E-state index contributed by atoms with van der Waals surface area (Å²) in [4.78, 5) is 15.5. The molecule has 0 atom stereocenters. The molecule has 1 heterocycles. The van der Waals surface area contributed by atoms with Crippen LogP contribution in [0.5, 0.6) is 0 Å². The van der Waals surface area contributed by atoms with Gasteiger partial charge in [-0.25, -0.2) is 0 Å². The van der Waals surface area contributed by atoms with E-state index in [4.69, 9.17) is 11.6 Å². The van der Waals surface area contributed by atoms with Crippen molar-refractivity contribution in [2.24, 2.45) is 5.41 Å². The molecule has 0 spiro atoms. The SMILES string of the molecule is Cc1ccccc1Cn1cccc1CN(C(=O)C(C)(C)CCl)C1CCCCC1. The van der Waals surface area contributed by atoms with E-state index in [1.54, 1.807) is 0 Å². The van der Waals surface area contributed by atoms with E-state index in [0.717, 1.165) is 19.4 Å². The van der Waals surface area contributed by atoms with Crippen LogP contribution >= 0.6 is 11.6 Å². The second-order valence-electron chi connectivity index (χ2n) is 8.80. The van der Waals surface area contributed by atoms with Crippen molar-refractivity contribution in [2.45, 2.75) is 72.0 Å². The number of rotatable bonds is 7. The Hall–Kier alpha value is -1.74. The van der Waals surface area contributed by atoms with Gasteiger partial charge in [-0.2, -0.15) is 0 Å². The van der Waals surface area contributed by atoms with Crippen LogP contribution in [-0.2, 0) is 17.9 Å². The third-order valence-corrected chi connectivity index (χ3v) is 6.72. The third kappa shape index (κ3) is 4.81. The molecule has 3 rings (SSSR count). The summed E-state index contributed by atoms with van der Waals surface area (Å²) in [5.41, 5.74) is 3.27. The van der Waals surface area contributed by atoms with Crippen molar-refractivity contribution in [1.82, 2.24) is 9.47 Å². The summed E-state index contributed by atoms with van der Waals surface area (Å²) in [6, 6.07) is 13.1. The lowest BCUT2D eigenvalue weighted by Crippen LogP contribution is -2.48. The van der Waals surface area contributed by atoms with Crippen molar-refractivity contribution in [3.63, 3.8) is 0 Å². The number of hydrogen-bond acceptors (Lipinski definition) is 1. The van der Waals surface area contributed by atoms with Crippen LogP contribution in [0.15, 0.2) is 42.6 Å². The summed E-state index contributed by atoms with van der Waals surface area (Å²) in [6.07, 6.45) is 8.02. The van der Waals surface area contributed by atoms with E-state index in [1.807, 2.05) is 13.8 Å². The number of halogens is 1. The molecule has 28 heavy (non-hydrogen) atoms. The second-order valence-corrected chi connectivity index (χ2v) is 9.06. The van der Waals surface area contributed by atoms with Crippen molar-refractivity contribution >= 4 is 17.5 Å². The van der Waals surface area contributed by atoms with Gasteiger partial charge in [0.2, 0.25) is 5.91 Å². The van der Waals surface area contributed by atoms with Gasteiger partial charge < -0.3 is 9.47 Å². The predicted molar refractivity (Wildman–Crippen MR) is 117 cm³/mol. The lowest BCUT2D eigenvalue weighted by Gasteiger charge is -2.39. The minimum atomic E-state index is -0.535. The molecular weight excluding hydrogens is 368 g/mol. The highest BCUT2D eigenvalue weighted by Crippen LogP contribution is 2.30. The Morgan fingerprint density at radius 3 is 2.54 bits per heavy atom. The quantitative estimate of drug-likeness (QED) is 0.541. The Balaban J connectivity index is 1.84. The van der Waals surface area contributed by atoms with Gasteiger partial charge in [-0.3, -0.25) is 4.79 Å². The third-order valence-electron chi connectivity index (χ3n) is 6.05. The first-order valence-electron chi connectivity index (χ1n) is 10.5. The van der Waals surface area contributed by atoms with Crippen molar-refractivity contribution in [3.05, 3.63) is 59.4 Å². The molecule has 0 bridgehead atoms. The summed E-state index contributed by atoms with van der Waals surface area (Å²) in [5, 5.41) is 0. The summed E-state index contributed by atoms with van der Waals surface area (Å²) in [7, 11) is 0. The van der Waals surface area contributed by atoms with Gasteiger partial charge in [-0.15, -0.1) is 11.6 Å². The fourth-order valence-electron chi connectivity index (χ4n) is 4.10. The standard InChI is InChI=1S/C24H33ClN2O/c1-19-10-7-8-11-20(19)16-26-15-9-14-22(26)17-27(21-12-5-4-6-13-21)23(28)24(2,3)18-25/h7-11,14-15,21H,4-6,12-13,16-18H2,1-3H3. The van der Waals surface area contributed by atoms with E-state index in [1.165, 1.54) is 36.1 Å². The Morgan fingerprint density at radius 1 is 1.14 bits per heavy atom. The highest BCUT2D eigenvalue weighted by Gasteiger charge is 2.35. The Kier molecular flexibility index (Phi) is 6.87. The highest BCUT2D eigenvalue weighted by molar-refractivity contribution is 6.19. The first-order valence-corrected chi connectivity index (χ1v) is 11.0. The van der Waals surface area contributed by atoms with Gasteiger partial charge in [0.15, 0.2) is 0 Å². The molecule has 1 aromatic carbocycles. The summed E-state index contributed by atoms with van der Waals surface area (Å²) in [5.74, 6) is 0.525. The molecular formula is C24H33ClN2O. The molecule has 0 saturated heterocycles. The molecule has 0 N–H and O–H groups in total. The van der Waals surface area contributed by atoms with E-state index in [-0.39, 0.29) is 5.91 Å². The topological polar surface area (TPSA) is 25.2 Å². The average Bonchev–Trinajstić information content (AvgIpc) is 3.14. The van der Waals surface area contributed by atoms with Crippen molar-refractivity contribution in [3.8, 4) is 0 Å². The molecule has 4 heteroatoms. The van der Waals surface area contributed by atoms with Crippen molar-refractivity contribution in [1.29, 1.82) is 0 Å². The average molecular weight is 401 g/mol. The van der Waals surface area contributed by atoms with Gasteiger partial charge in [0.25, 0.3) is 0 Å². The molecule has 1 aliphatic carbocycles. The van der Waals surface area contributed by atoms with Crippen LogP contribution in [0, 0.1) is 12.3 Å². The number of carbonyl (C=O) groups excluding carboxylic acids is 1. The van der Waals surface area contributed by atoms with Crippen LogP contribution in [-0.4, -0.2) is 27.3 Å². The summed E-state index contributed by atoms with van der Waals surface area (Å²) in [6.45, 7) is 7.57. The second kappa shape index (κ2) is 9.17. The van der Waals surface area contributed by atoms with E-state index < -0.39 is 5.41 Å². The number of carbonyl (C=O) groups is 1. The lowest BCUT2D eigenvalue weighted by molar-refractivity contribution is -0.143. The largest absolute Gasteiger partial charge is 0.345 e. The van der Waals surface area contributed by atoms with Gasteiger partial charge in [-0.1, -0.05) is 43.5 Å². The molecule has 0 unspecified atom stereocenters. The van der Waals surface area contributed by atoms with Crippen LogP contribution in [0.4, 0.5) is 0 Å². The Labute approximate surface area is 174 Å². The zero-order valence-electron chi connectivity index (χ0n) is 17.5. The highest BCUT2D eigenvalue weighted by atomic mass is 35.5. The number of alkyl halides is 1. The van der Waals surface area contributed by atoms with Crippen LogP contribution in [0.1, 0.15) is 62.8 Å². The van der Waals surface area contributed by atoms with Crippen LogP contribution in [0.2, 0.25) is 0 Å². The molecule has 0 radical (unpaired) electrons. The maximum Gasteiger partial charge on any atom is 0.230 e. The van der Waals surface area contributed by atoms with Crippen molar-refractivity contribution < 1.29 is 4.79 Å². The number of aromatic nitrogens is 1. The number of amides is 1. The molecule has 1 saturated carbocycles. The maximum absolute atomic E-state index is 13.4. The van der Waals surface area contributed by atoms with Crippen LogP contribution in [0.3, 0.4) is 0 Å². The molecule has 3 nitrogen and oxygen atoms in total. The smallest absolute Gasteiger partial charge is 0.230 e. The Bertz CT molecular complexity index is 789. The number of benzene rings is 1.